The van der Waals surface area contributed by atoms with Crippen LogP contribution in [0.4, 0.5) is 11.4 Å². The van der Waals surface area contributed by atoms with E-state index in [1.165, 1.54) is 34.4 Å². The van der Waals surface area contributed by atoms with Gasteiger partial charge < -0.3 is 10.1 Å². The summed E-state index contributed by atoms with van der Waals surface area (Å²) in [6.45, 7) is 2.35. The van der Waals surface area contributed by atoms with Crippen molar-refractivity contribution in [2.24, 2.45) is 0 Å². The van der Waals surface area contributed by atoms with Crippen molar-refractivity contribution in [1.82, 2.24) is 15.4 Å². The number of carbonyl (C=O) groups is 3. The van der Waals surface area contributed by atoms with Crippen molar-refractivity contribution < 1.29 is 19.1 Å². The van der Waals surface area contributed by atoms with Crippen molar-refractivity contribution in [1.29, 1.82) is 0 Å². The van der Waals surface area contributed by atoms with E-state index in [2.05, 4.69) is 15.7 Å². The minimum atomic E-state index is -1.07. The van der Waals surface area contributed by atoms with Gasteiger partial charge in [-0.25, -0.2) is 5.01 Å². The third-order valence-corrected chi connectivity index (χ3v) is 5.90. The van der Waals surface area contributed by atoms with Crippen LogP contribution in [0.2, 0.25) is 5.02 Å². The van der Waals surface area contributed by atoms with Crippen molar-refractivity contribution in [2.75, 3.05) is 16.8 Å². The van der Waals surface area contributed by atoms with E-state index in [1.807, 2.05) is 6.92 Å². The van der Waals surface area contributed by atoms with E-state index in [0.717, 1.165) is 0 Å². The largest absolute Gasteiger partial charge is 0.494 e. The van der Waals surface area contributed by atoms with Gasteiger partial charge in [-0.15, -0.1) is 0 Å². The van der Waals surface area contributed by atoms with Gasteiger partial charge in [-0.1, -0.05) is 17.7 Å². The molecule has 1 aromatic heterocycles. The predicted molar refractivity (Wildman–Crippen MR) is 140 cm³/mol. The second kappa shape index (κ2) is 11.1. The van der Waals surface area contributed by atoms with E-state index < -0.39 is 23.8 Å². The summed E-state index contributed by atoms with van der Waals surface area (Å²) >= 11 is 11.5. The molecule has 3 amide bonds. The first-order valence-corrected chi connectivity index (χ1v) is 11.8. The van der Waals surface area contributed by atoms with Crippen LogP contribution in [0.5, 0.6) is 5.75 Å². The summed E-state index contributed by atoms with van der Waals surface area (Å²) in [6.07, 6.45) is 2.69. The van der Waals surface area contributed by atoms with Gasteiger partial charge >= 0.3 is 0 Å². The molecule has 2 aromatic carbocycles. The minimum Gasteiger partial charge on any atom is -0.494 e. The molecule has 0 spiro atoms. The van der Waals surface area contributed by atoms with Gasteiger partial charge in [0.05, 0.1) is 18.7 Å². The van der Waals surface area contributed by atoms with Crippen LogP contribution >= 0.6 is 23.8 Å². The molecule has 1 fully saturated rings. The van der Waals surface area contributed by atoms with Gasteiger partial charge in [0.15, 0.2) is 0 Å². The highest BCUT2D eigenvalue weighted by atomic mass is 35.5. The van der Waals surface area contributed by atoms with E-state index in [1.54, 1.807) is 48.5 Å². The summed E-state index contributed by atoms with van der Waals surface area (Å²) < 4.78 is 5.47. The number of hydrazine groups is 1. The van der Waals surface area contributed by atoms with Crippen LogP contribution in [-0.2, 0) is 9.59 Å². The highest BCUT2D eigenvalue weighted by Gasteiger charge is 2.45. The molecule has 1 atom stereocenters. The number of ether oxygens (including phenoxy) is 1. The van der Waals surface area contributed by atoms with E-state index in [-0.39, 0.29) is 11.5 Å². The molecule has 184 valence electrons. The first-order valence-electron chi connectivity index (χ1n) is 11.0. The first-order chi connectivity index (χ1) is 17.4. The summed E-state index contributed by atoms with van der Waals surface area (Å²) in [5.74, 6) is -0.796. The summed E-state index contributed by atoms with van der Waals surface area (Å²) in [5.41, 5.74) is 3.97. The van der Waals surface area contributed by atoms with Crippen molar-refractivity contribution in [3.63, 3.8) is 0 Å². The van der Waals surface area contributed by atoms with E-state index in [0.29, 0.717) is 34.3 Å². The number of rotatable bonds is 8. The van der Waals surface area contributed by atoms with Crippen LogP contribution in [0, 0.1) is 0 Å². The van der Waals surface area contributed by atoms with Crippen molar-refractivity contribution in [2.45, 2.75) is 19.4 Å². The molecule has 3 aromatic rings. The molecule has 0 unspecified atom stereocenters. The smallest absolute Gasteiger partial charge is 0.269 e. The van der Waals surface area contributed by atoms with Gasteiger partial charge in [-0.2, -0.15) is 0 Å². The van der Waals surface area contributed by atoms with E-state index in [4.69, 9.17) is 28.6 Å². The summed E-state index contributed by atoms with van der Waals surface area (Å²) in [7, 11) is 0. The normalized spacial score (nSPS) is 15.1. The molecule has 11 heteroatoms. The number of nitrogens with zero attached hydrogens (tertiary/aromatic N) is 3. The molecule has 1 aliphatic heterocycles. The number of amides is 3. The molecule has 0 radical (unpaired) electrons. The Kier molecular flexibility index (Phi) is 7.77. The number of thiocarbonyl (C=S) groups is 1. The zero-order chi connectivity index (χ0) is 25.7. The Balaban J connectivity index is 1.58. The number of aromatic nitrogens is 1. The Labute approximate surface area is 218 Å². The number of hydrogen-bond donors (Lipinski definition) is 2. The monoisotopic (exact) mass is 523 g/mol. The Morgan fingerprint density at radius 3 is 2.53 bits per heavy atom. The van der Waals surface area contributed by atoms with Crippen molar-refractivity contribution >= 4 is 58.0 Å². The van der Waals surface area contributed by atoms with Crippen molar-refractivity contribution in [3.8, 4) is 5.75 Å². The Bertz CT molecular complexity index is 1290. The van der Waals surface area contributed by atoms with E-state index in [9.17, 15) is 14.4 Å². The molecular formula is C25H22ClN5O4S. The fourth-order valence-corrected chi connectivity index (χ4v) is 4.12. The molecule has 2 N–H and O–H groups in total. The number of benzene rings is 2. The highest BCUT2D eigenvalue weighted by Crippen LogP contribution is 2.28. The third-order valence-electron chi connectivity index (χ3n) is 5.27. The number of halogens is 1. The number of carbonyl (C=O) groups excluding carboxylic acids is 3. The van der Waals surface area contributed by atoms with Gasteiger partial charge in [0.25, 0.3) is 11.8 Å². The van der Waals surface area contributed by atoms with Crippen LogP contribution < -0.4 is 20.4 Å². The average Bonchev–Trinajstić information content (AvgIpc) is 3.09. The lowest BCUT2D eigenvalue weighted by Gasteiger charge is -2.24. The molecule has 4 rings (SSSR count). The maximum Gasteiger partial charge on any atom is 0.269 e. The topological polar surface area (TPSA) is 104 Å². The van der Waals surface area contributed by atoms with Crippen LogP contribution in [0.25, 0.3) is 0 Å². The highest BCUT2D eigenvalue weighted by molar-refractivity contribution is 7.80. The maximum absolute atomic E-state index is 13.5. The fourth-order valence-electron chi connectivity index (χ4n) is 3.62. The SMILES string of the molecule is CCOc1cccc(NC(=O)C[C@@H]2C(=O)N(c3ccc(Cl)cc3)C(=S)N2NC(=O)c2ccncc2)c1. The van der Waals surface area contributed by atoms with Gasteiger partial charge in [0.1, 0.15) is 11.8 Å². The van der Waals surface area contributed by atoms with Gasteiger partial charge in [-0.05, 0) is 67.7 Å². The lowest BCUT2D eigenvalue weighted by molar-refractivity contribution is -0.124. The van der Waals surface area contributed by atoms with Gasteiger partial charge in [0.2, 0.25) is 11.0 Å². The number of anilines is 2. The number of hydrogen-bond acceptors (Lipinski definition) is 6. The molecule has 2 heterocycles. The quantitative estimate of drug-likeness (QED) is 0.433. The van der Waals surface area contributed by atoms with Gasteiger partial charge in [-0.3, -0.25) is 29.7 Å². The summed E-state index contributed by atoms with van der Waals surface area (Å²) in [5, 5.41) is 4.53. The van der Waals surface area contributed by atoms with Crippen LogP contribution in [0.1, 0.15) is 23.7 Å². The molecule has 0 aliphatic carbocycles. The lowest BCUT2D eigenvalue weighted by atomic mass is 10.1. The molecule has 1 saturated heterocycles. The number of pyridine rings is 1. The second-order valence-corrected chi connectivity index (χ2v) is 8.51. The molecule has 1 aliphatic rings. The lowest BCUT2D eigenvalue weighted by Crippen LogP contribution is -2.49. The summed E-state index contributed by atoms with van der Waals surface area (Å²) in [4.78, 5) is 44.4. The minimum absolute atomic E-state index is 0.0286. The molecule has 36 heavy (non-hydrogen) atoms. The zero-order valence-corrected chi connectivity index (χ0v) is 20.8. The predicted octanol–water partition coefficient (Wildman–Crippen LogP) is 3.81. The fraction of sp³-hybridized carbons (Fsp3) is 0.160. The molecular weight excluding hydrogens is 502 g/mol. The summed E-state index contributed by atoms with van der Waals surface area (Å²) in [6, 6.07) is 15.4. The Morgan fingerprint density at radius 1 is 1.11 bits per heavy atom. The first kappa shape index (κ1) is 25.1. The Morgan fingerprint density at radius 2 is 1.83 bits per heavy atom. The van der Waals surface area contributed by atoms with Crippen LogP contribution in [0.3, 0.4) is 0 Å². The Hall–Kier alpha value is -4.02. The van der Waals surface area contributed by atoms with Crippen LogP contribution in [-0.4, -0.2) is 45.5 Å². The standard InChI is InChI=1S/C25H22ClN5O4S/c1-2-35-20-5-3-4-18(14-20)28-22(32)15-21-24(34)30(19-8-6-17(26)7-9-19)25(36)31(21)29-23(33)16-10-12-27-13-11-16/h3-14,21H,2,15H2,1H3,(H,28,32)(H,29,33)/t21-/m1/s1. The van der Waals surface area contributed by atoms with Crippen LogP contribution in [0.15, 0.2) is 73.1 Å². The molecule has 0 saturated carbocycles. The second-order valence-electron chi connectivity index (χ2n) is 7.71. The average molecular weight is 524 g/mol. The van der Waals surface area contributed by atoms with Gasteiger partial charge in [0, 0.05) is 34.7 Å². The maximum atomic E-state index is 13.5. The number of nitrogens with one attached hydrogen (secondary N) is 2. The zero-order valence-electron chi connectivity index (χ0n) is 19.2. The van der Waals surface area contributed by atoms with E-state index >= 15 is 0 Å². The molecule has 0 bridgehead atoms. The molecule has 9 nitrogen and oxygen atoms in total. The van der Waals surface area contributed by atoms with Crippen molar-refractivity contribution in [3.05, 3.63) is 83.6 Å². The third kappa shape index (κ3) is 5.61.